The summed E-state index contributed by atoms with van der Waals surface area (Å²) in [4.78, 5) is 4.10. The van der Waals surface area contributed by atoms with E-state index in [0.717, 1.165) is 11.8 Å². The summed E-state index contributed by atoms with van der Waals surface area (Å²) in [5.74, 6) is 0. The molecule has 1 aromatic rings. The number of hydrogen-bond acceptors (Lipinski definition) is 1. The predicted molar refractivity (Wildman–Crippen MR) is 56.4 cm³/mol. The first-order chi connectivity index (χ1) is 5.83. The van der Waals surface area contributed by atoms with Gasteiger partial charge in [0, 0.05) is 17.7 Å². The highest BCUT2D eigenvalue weighted by atomic mass is 79.9. The first-order valence-electron chi connectivity index (χ1n) is 3.97. The molecule has 0 fully saturated rings. The number of allylic oxidation sites excluding steroid dienone is 1. The van der Waals surface area contributed by atoms with Crippen molar-refractivity contribution in [1.82, 2.24) is 4.98 Å². The van der Waals surface area contributed by atoms with Gasteiger partial charge in [-0.3, -0.25) is 4.98 Å². The minimum atomic E-state index is 1.02. The smallest absolute Gasteiger partial charge is 0.0340 e. The lowest BCUT2D eigenvalue weighted by Gasteiger charge is -1.93. The number of nitrogens with zero attached hydrogens (tertiary/aromatic N) is 1. The molecule has 64 valence electrons. The largest absolute Gasteiger partial charge is 0.264 e. The molecule has 0 N–H and O–H groups in total. The topological polar surface area (TPSA) is 12.9 Å². The maximum Gasteiger partial charge on any atom is 0.0340 e. The van der Waals surface area contributed by atoms with Crippen molar-refractivity contribution in [2.45, 2.75) is 13.3 Å². The van der Waals surface area contributed by atoms with E-state index in [1.54, 1.807) is 0 Å². The molecule has 0 amide bonds. The van der Waals surface area contributed by atoms with Crippen LogP contribution in [-0.2, 0) is 0 Å². The van der Waals surface area contributed by atoms with Gasteiger partial charge in [-0.15, -0.1) is 0 Å². The number of halogens is 1. The first kappa shape index (κ1) is 9.46. The summed E-state index contributed by atoms with van der Waals surface area (Å²) in [5, 5.41) is 1.02. The Balaban J connectivity index is 2.63. The average Bonchev–Trinajstić information content (AvgIpc) is 2.05. The minimum Gasteiger partial charge on any atom is -0.264 e. The highest BCUT2D eigenvalue weighted by Gasteiger charge is 1.86. The Morgan fingerprint density at radius 1 is 1.50 bits per heavy atom. The number of pyridine rings is 1. The Bertz CT molecular complexity index is 268. The molecule has 0 saturated heterocycles. The molecule has 1 nitrogen and oxygen atoms in total. The Morgan fingerprint density at radius 2 is 2.33 bits per heavy atom. The van der Waals surface area contributed by atoms with Crippen LogP contribution >= 0.6 is 15.9 Å². The monoisotopic (exact) mass is 225 g/mol. The molecule has 0 atom stereocenters. The van der Waals surface area contributed by atoms with Crippen molar-refractivity contribution < 1.29 is 0 Å². The lowest BCUT2D eigenvalue weighted by Crippen LogP contribution is -1.78. The molecule has 0 bridgehead atoms. The van der Waals surface area contributed by atoms with Gasteiger partial charge in [0.1, 0.15) is 0 Å². The van der Waals surface area contributed by atoms with Crippen LogP contribution in [0, 0.1) is 6.92 Å². The molecule has 0 aliphatic carbocycles. The van der Waals surface area contributed by atoms with E-state index in [1.807, 2.05) is 12.4 Å². The Labute approximate surface area is 81.7 Å². The van der Waals surface area contributed by atoms with E-state index in [1.165, 1.54) is 11.1 Å². The molecular formula is C10H12BrN. The molecule has 0 aliphatic rings. The van der Waals surface area contributed by atoms with Gasteiger partial charge < -0.3 is 0 Å². The van der Waals surface area contributed by atoms with Crippen molar-refractivity contribution in [2.75, 3.05) is 5.33 Å². The average molecular weight is 226 g/mol. The predicted octanol–water partition coefficient (Wildman–Crippen LogP) is 3.19. The zero-order chi connectivity index (χ0) is 8.81. The number of alkyl halides is 1. The minimum absolute atomic E-state index is 1.02. The molecule has 1 heterocycles. The zero-order valence-corrected chi connectivity index (χ0v) is 8.71. The fourth-order valence-corrected chi connectivity index (χ4v) is 1.22. The van der Waals surface area contributed by atoms with Crippen LogP contribution in [0.3, 0.4) is 0 Å². The standard InChI is InChI=1S/C10H12BrN/c1-9-6-10(8-12-7-9)4-2-3-5-11/h2,4,6-8H,3,5H2,1H3. The van der Waals surface area contributed by atoms with Crippen LogP contribution in [0.15, 0.2) is 24.5 Å². The van der Waals surface area contributed by atoms with Crippen LogP contribution in [0.25, 0.3) is 6.08 Å². The molecule has 0 radical (unpaired) electrons. The van der Waals surface area contributed by atoms with E-state index >= 15 is 0 Å². The fraction of sp³-hybridized carbons (Fsp3) is 0.300. The van der Waals surface area contributed by atoms with Crippen LogP contribution < -0.4 is 0 Å². The van der Waals surface area contributed by atoms with Gasteiger partial charge in [-0.05, 0) is 30.5 Å². The molecule has 0 aliphatic heterocycles. The molecule has 0 aromatic carbocycles. The quantitative estimate of drug-likeness (QED) is 0.721. The summed E-state index contributed by atoms with van der Waals surface area (Å²) in [7, 11) is 0. The fourth-order valence-electron chi connectivity index (χ4n) is 0.952. The molecule has 0 unspecified atom stereocenters. The normalized spacial score (nSPS) is 10.8. The third-order valence-electron chi connectivity index (χ3n) is 1.48. The van der Waals surface area contributed by atoms with Gasteiger partial charge in [0.15, 0.2) is 0 Å². The molecule has 0 saturated carbocycles. The van der Waals surface area contributed by atoms with Gasteiger partial charge in [-0.1, -0.05) is 28.1 Å². The van der Waals surface area contributed by atoms with E-state index in [2.05, 4.69) is 46.1 Å². The Kier molecular flexibility index (Phi) is 4.01. The zero-order valence-electron chi connectivity index (χ0n) is 7.13. The Morgan fingerprint density at radius 3 is 3.00 bits per heavy atom. The van der Waals surface area contributed by atoms with E-state index in [9.17, 15) is 0 Å². The van der Waals surface area contributed by atoms with Gasteiger partial charge in [-0.25, -0.2) is 0 Å². The molecule has 12 heavy (non-hydrogen) atoms. The SMILES string of the molecule is Cc1cncc(C=CCCBr)c1. The molecule has 1 rings (SSSR count). The second kappa shape index (κ2) is 5.09. The van der Waals surface area contributed by atoms with E-state index in [-0.39, 0.29) is 0 Å². The van der Waals surface area contributed by atoms with Crippen molar-refractivity contribution in [3.8, 4) is 0 Å². The number of aryl methyl sites for hydroxylation is 1. The molecule has 1 aromatic heterocycles. The van der Waals surface area contributed by atoms with Crippen LogP contribution in [0.5, 0.6) is 0 Å². The molecule has 0 spiro atoms. The summed E-state index contributed by atoms with van der Waals surface area (Å²) in [5.41, 5.74) is 2.38. The van der Waals surface area contributed by atoms with Crippen molar-refractivity contribution in [2.24, 2.45) is 0 Å². The van der Waals surface area contributed by atoms with Crippen LogP contribution in [0.1, 0.15) is 17.5 Å². The van der Waals surface area contributed by atoms with Gasteiger partial charge >= 0.3 is 0 Å². The number of rotatable bonds is 3. The van der Waals surface area contributed by atoms with Gasteiger partial charge in [0.2, 0.25) is 0 Å². The summed E-state index contributed by atoms with van der Waals surface area (Å²) in [6.07, 6.45) is 9.04. The maximum atomic E-state index is 4.10. The van der Waals surface area contributed by atoms with Gasteiger partial charge in [-0.2, -0.15) is 0 Å². The summed E-state index contributed by atoms with van der Waals surface area (Å²) >= 11 is 3.37. The Hall–Kier alpha value is -0.630. The molecule has 2 heteroatoms. The second-order valence-electron chi connectivity index (χ2n) is 2.68. The third kappa shape index (κ3) is 3.18. The summed E-state index contributed by atoms with van der Waals surface area (Å²) in [6.45, 7) is 2.05. The van der Waals surface area contributed by atoms with Crippen molar-refractivity contribution >= 4 is 22.0 Å². The number of hydrogen-bond donors (Lipinski definition) is 0. The maximum absolute atomic E-state index is 4.10. The molecular weight excluding hydrogens is 214 g/mol. The van der Waals surface area contributed by atoms with Crippen molar-refractivity contribution in [1.29, 1.82) is 0 Å². The second-order valence-corrected chi connectivity index (χ2v) is 3.47. The summed E-state index contributed by atoms with van der Waals surface area (Å²) < 4.78 is 0. The van der Waals surface area contributed by atoms with Crippen molar-refractivity contribution in [3.63, 3.8) is 0 Å². The highest BCUT2D eigenvalue weighted by molar-refractivity contribution is 9.09. The summed E-state index contributed by atoms with van der Waals surface area (Å²) in [6, 6.07) is 2.12. The first-order valence-corrected chi connectivity index (χ1v) is 5.09. The van der Waals surface area contributed by atoms with Crippen molar-refractivity contribution in [3.05, 3.63) is 35.7 Å². The third-order valence-corrected chi connectivity index (χ3v) is 1.94. The van der Waals surface area contributed by atoms with Crippen LogP contribution in [0.2, 0.25) is 0 Å². The van der Waals surface area contributed by atoms with E-state index < -0.39 is 0 Å². The lowest BCUT2D eigenvalue weighted by atomic mass is 10.2. The van der Waals surface area contributed by atoms with Gasteiger partial charge in [0.05, 0.1) is 0 Å². The van der Waals surface area contributed by atoms with Crippen LogP contribution in [-0.4, -0.2) is 10.3 Å². The van der Waals surface area contributed by atoms with Gasteiger partial charge in [0.25, 0.3) is 0 Å². The highest BCUT2D eigenvalue weighted by Crippen LogP contribution is 2.04. The lowest BCUT2D eigenvalue weighted by molar-refractivity contribution is 1.24. The van der Waals surface area contributed by atoms with E-state index in [0.29, 0.717) is 0 Å². The van der Waals surface area contributed by atoms with Crippen LogP contribution in [0.4, 0.5) is 0 Å². The number of aromatic nitrogens is 1. The van der Waals surface area contributed by atoms with E-state index in [4.69, 9.17) is 0 Å².